The Kier molecular flexibility index (Phi) is 5.61. The maximum atomic E-state index is 13.4. The molecule has 2 aromatic heterocycles. The van der Waals surface area contributed by atoms with Crippen LogP contribution in [0, 0.1) is 0 Å². The Morgan fingerprint density at radius 1 is 1.12 bits per heavy atom. The van der Waals surface area contributed by atoms with Crippen molar-refractivity contribution in [3.63, 3.8) is 0 Å². The van der Waals surface area contributed by atoms with Crippen LogP contribution in [-0.4, -0.2) is 43.0 Å². The Labute approximate surface area is 191 Å². The summed E-state index contributed by atoms with van der Waals surface area (Å²) < 4.78 is 46.8. The van der Waals surface area contributed by atoms with E-state index in [0.29, 0.717) is 37.0 Å². The zero-order chi connectivity index (χ0) is 23.0. The molecule has 0 bridgehead atoms. The normalized spacial score (nSPS) is 15.3. The molecule has 0 radical (unpaired) electrons. The zero-order valence-electron chi connectivity index (χ0n) is 17.5. The molecular formula is C23H20F3N5OS. The molecule has 10 heteroatoms. The van der Waals surface area contributed by atoms with Gasteiger partial charge in [-0.1, -0.05) is 22.7 Å². The van der Waals surface area contributed by atoms with E-state index in [2.05, 4.69) is 14.6 Å². The molecule has 0 atom stereocenters. The number of aromatic nitrogens is 4. The van der Waals surface area contributed by atoms with Crippen molar-refractivity contribution in [3.05, 3.63) is 77.4 Å². The van der Waals surface area contributed by atoms with Gasteiger partial charge in [-0.3, -0.25) is 4.79 Å². The summed E-state index contributed by atoms with van der Waals surface area (Å²) in [7, 11) is 0. The number of carbonyl (C=O) groups excluding carboxylic acids is 1. The van der Waals surface area contributed by atoms with Gasteiger partial charge in [-0.15, -0.1) is 5.10 Å². The fourth-order valence-electron chi connectivity index (χ4n) is 4.37. The molecule has 2 aromatic carbocycles. The monoisotopic (exact) mass is 471 g/mol. The SMILES string of the molecule is O=C(c1ccc2snnc2c1)N1CCC(c2nccn2Cc2ccccc2C(F)(F)F)CC1. The summed E-state index contributed by atoms with van der Waals surface area (Å²) >= 11 is 1.29. The topological polar surface area (TPSA) is 63.9 Å². The molecule has 1 saturated heterocycles. The predicted molar refractivity (Wildman–Crippen MR) is 118 cm³/mol. The summed E-state index contributed by atoms with van der Waals surface area (Å²) in [5, 5.41) is 4.03. The van der Waals surface area contributed by atoms with Gasteiger partial charge in [0.25, 0.3) is 5.91 Å². The van der Waals surface area contributed by atoms with Gasteiger partial charge in [-0.25, -0.2) is 4.98 Å². The molecular weight excluding hydrogens is 451 g/mol. The number of carbonyl (C=O) groups is 1. The first-order chi connectivity index (χ1) is 15.9. The van der Waals surface area contributed by atoms with Crippen LogP contribution in [0.15, 0.2) is 54.9 Å². The first-order valence-corrected chi connectivity index (χ1v) is 11.3. The van der Waals surface area contributed by atoms with Gasteiger partial charge in [0.2, 0.25) is 0 Å². The highest BCUT2D eigenvalue weighted by Crippen LogP contribution is 2.33. The molecule has 0 N–H and O–H groups in total. The Hall–Kier alpha value is -3.27. The Morgan fingerprint density at radius 3 is 2.70 bits per heavy atom. The van der Waals surface area contributed by atoms with Crippen molar-refractivity contribution in [2.45, 2.75) is 31.5 Å². The van der Waals surface area contributed by atoms with Gasteiger partial charge < -0.3 is 9.47 Å². The van der Waals surface area contributed by atoms with Gasteiger partial charge in [0, 0.05) is 43.5 Å². The highest BCUT2D eigenvalue weighted by molar-refractivity contribution is 7.12. The second-order valence-electron chi connectivity index (χ2n) is 8.09. The third kappa shape index (κ3) is 4.35. The number of imidazole rings is 1. The lowest BCUT2D eigenvalue weighted by molar-refractivity contribution is -0.138. The molecule has 1 aliphatic heterocycles. The molecule has 5 rings (SSSR count). The van der Waals surface area contributed by atoms with Crippen LogP contribution in [0.5, 0.6) is 0 Å². The largest absolute Gasteiger partial charge is 0.416 e. The fraction of sp³-hybridized carbons (Fsp3) is 0.304. The molecule has 33 heavy (non-hydrogen) atoms. The number of benzene rings is 2. The number of halogens is 3. The first-order valence-electron chi connectivity index (χ1n) is 10.6. The number of alkyl halides is 3. The lowest BCUT2D eigenvalue weighted by Crippen LogP contribution is -2.38. The maximum absolute atomic E-state index is 13.4. The van der Waals surface area contributed by atoms with E-state index in [1.165, 1.54) is 23.7 Å². The highest BCUT2D eigenvalue weighted by Gasteiger charge is 2.33. The van der Waals surface area contributed by atoms with Crippen LogP contribution >= 0.6 is 11.5 Å². The second kappa shape index (κ2) is 8.58. The summed E-state index contributed by atoms with van der Waals surface area (Å²) in [5.74, 6) is 0.784. The predicted octanol–water partition coefficient (Wildman–Crippen LogP) is 4.97. The number of fused-ring (bicyclic) bond motifs is 1. The molecule has 1 aliphatic rings. The third-order valence-corrected chi connectivity index (χ3v) is 6.76. The van der Waals surface area contributed by atoms with Crippen molar-refractivity contribution in [1.29, 1.82) is 0 Å². The summed E-state index contributed by atoms with van der Waals surface area (Å²) in [6.07, 6.45) is 0.340. The van der Waals surface area contributed by atoms with E-state index in [-0.39, 0.29) is 23.9 Å². The fourth-order valence-corrected chi connectivity index (χ4v) is 4.91. The molecule has 1 fully saturated rings. The molecule has 4 aromatic rings. The number of hydrogen-bond acceptors (Lipinski definition) is 5. The minimum absolute atomic E-state index is 0.0502. The van der Waals surface area contributed by atoms with Gasteiger partial charge in [0.1, 0.15) is 11.3 Å². The summed E-state index contributed by atoms with van der Waals surface area (Å²) in [5.41, 5.74) is 0.877. The van der Waals surface area contributed by atoms with Crippen molar-refractivity contribution in [1.82, 2.24) is 24.0 Å². The molecule has 0 spiro atoms. The minimum Gasteiger partial charge on any atom is -0.339 e. The quantitative estimate of drug-likeness (QED) is 0.421. The van der Waals surface area contributed by atoms with Crippen LogP contribution in [-0.2, 0) is 12.7 Å². The van der Waals surface area contributed by atoms with Gasteiger partial charge in [-0.2, -0.15) is 13.2 Å². The van der Waals surface area contributed by atoms with E-state index in [1.54, 1.807) is 35.2 Å². The molecule has 6 nitrogen and oxygen atoms in total. The average molecular weight is 472 g/mol. The maximum Gasteiger partial charge on any atom is 0.416 e. The van der Waals surface area contributed by atoms with E-state index < -0.39 is 11.7 Å². The lowest BCUT2D eigenvalue weighted by Gasteiger charge is -2.32. The zero-order valence-corrected chi connectivity index (χ0v) is 18.3. The van der Waals surface area contributed by atoms with Crippen LogP contribution < -0.4 is 0 Å². The van der Waals surface area contributed by atoms with Crippen LogP contribution in [0.25, 0.3) is 10.2 Å². The van der Waals surface area contributed by atoms with E-state index in [1.807, 2.05) is 11.0 Å². The lowest BCUT2D eigenvalue weighted by atomic mass is 9.95. The van der Waals surface area contributed by atoms with Crippen LogP contribution in [0.2, 0.25) is 0 Å². The molecule has 3 heterocycles. The number of amides is 1. The van der Waals surface area contributed by atoms with E-state index in [9.17, 15) is 18.0 Å². The summed E-state index contributed by atoms with van der Waals surface area (Å²) in [6, 6.07) is 11.0. The van der Waals surface area contributed by atoms with Crippen LogP contribution in [0.4, 0.5) is 13.2 Å². The minimum atomic E-state index is -4.40. The second-order valence-corrected chi connectivity index (χ2v) is 8.88. The van der Waals surface area contributed by atoms with Crippen molar-refractivity contribution in [2.24, 2.45) is 0 Å². The van der Waals surface area contributed by atoms with E-state index >= 15 is 0 Å². The third-order valence-electron chi connectivity index (χ3n) is 6.05. The molecule has 1 amide bonds. The van der Waals surface area contributed by atoms with E-state index in [4.69, 9.17) is 0 Å². The van der Waals surface area contributed by atoms with Gasteiger partial charge in [0.15, 0.2) is 0 Å². The van der Waals surface area contributed by atoms with Gasteiger partial charge >= 0.3 is 6.18 Å². The van der Waals surface area contributed by atoms with Crippen LogP contribution in [0.1, 0.15) is 46.1 Å². The Bertz CT molecular complexity index is 1290. The molecule has 0 saturated carbocycles. The Balaban J connectivity index is 1.28. The van der Waals surface area contributed by atoms with Gasteiger partial charge in [0.05, 0.1) is 10.3 Å². The van der Waals surface area contributed by atoms with Crippen molar-refractivity contribution >= 4 is 27.7 Å². The number of piperidine rings is 1. The van der Waals surface area contributed by atoms with Crippen molar-refractivity contribution in [2.75, 3.05) is 13.1 Å². The molecule has 0 aliphatic carbocycles. The number of likely N-dealkylation sites (tertiary alicyclic amines) is 1. The van der Waals surface area contributed by atoms with Crippen molar-refractivity contribution < 1.29 is 18.0 Å². The van der Waals surface area contributed by atoms with Crippen LogP contribution in [0.3, 0.4) is 0 Å². The Morgan fingerprint density at radius 2 is 1.91 bits per heavy atom. The first kappa shape index (κ1) is 21.6. The standard InChI is InChI=1S/C23H20F3N5OS/c24-23(25,26)18-4-2-1-3-17(18)14-31-12-9-27-21(31)15-7-10-30(11-8-15)22(32)16-5-6-20-19(13-16)28-29-33-20/h1-6,9,12-13,15H,7-8,10-11,14H2. The average Bonchev–Trinajstić information content (AvgIpc) is 3.47. The molecule has 0 unspecified atom stereocenters. The number of rotatable bonds is 4. The number of hydrogen-bond donors (Lipinski definition) is 0. The van der Waals surface area contributed by atoms with Gasteiger partial charge in [-0.05, 0) is 54.2 Å². The summed E-state index contributed by atoms with van der Waals surface area (Å²) in [6.45, 7) is 1.22. The molecule has 170 valence electrons. The smallest absolute Gasteiger partial charge is 0.339 e. The number of nitrogens with zero attached hydrogens (tertiary/aromatic N) is 5. The van der Waals surface area contributed by atoms with E-state index in [0.717, 1.165) is 16.6 Å². The summed E-state index contributed by atoms with van der Waals surface area (Å²) in [4.78, 5) is 19.2. The highest BCUT2D eigenvalue weighted by atomic mass is 32.1. The van der Waals surface area contributed by atoms with Crippen molar-refractivity contribution in [3.8, 4) is 0 Å².